The lowest BCUT2D eigenvalue weighted by molar-refractivity contribution is -0.137. The molecule has 1 fully saturated rings. The molecular formula is C16H24N2O2. The van der Waals surface area contributed by atoms with E-state index in [1.165, 1.54) is 0 Å². The van der Waals surface area contributed by atoms with Gasteiger partial charge in [-0.3, -0.25) is 4.79 Å². The molecule has 0 saturated carbocycles. The van der Waals surface area contributed by atoms with Crippen LogP contribution in [0.25, 0.3) is 0 Å². The van der Waals surface area contributed by atoms with E-state index in [4.69, 9.17) is 4.74 Å². The van der Waals surface area contributed by atoms with E-state index in [1.54, 1.807) is 7.11 Å². The van der Waals surface area contributed by atoms with Crippen LogP contribution in [0.2, 0.25) is 0 Å². The zero-order chi connectivity index (χ0) is 14.8. The molecule has 4 heteroatoms. The second-order valence-corrected chi connectivity index (χ2v) is 6.12. The molecule has 20 heavy (non-hydrogen) atoms. The Hall–Kier alpha value is -1.55. The van der Waals surface area contributed by atoms with Crippen molar-refractivity contribution < 1.29 is 9.53 Å². The molecule has 110 valence electrons. The first kappa shape index (κ1) is 14.9. The molecule has 1 amide bonds. The summed E-state index contributed by atoms with van der Waals surface area (Å²) in [7, 11) is 1.64. The molecule has 0 spiro atoms. The number of piperazine rings is 1. The largest absolute Gasteiger partial charge is 0.497 e. The summed E-state index contributed by atoms with van der Waals surface area (Å²) in [6.07, 6.45) is 0.445. The Labute approximate surface area is 121 Å². The molecule has 1 saturated heterocycles. The summed E-state index contributed by atoms with van der Waals surface area (Å²) in [5.41, 5.74) is 0.897. The van der Waals surface area contributed by atoms with Gasteiger partial charge in [0.25, 0.3) is 0 Å². The molecular weight excluding hydrogens is 252 g/mol. The summed E-state index contributed by atoms with van der Waals surface area (Å²) in [4.78, 5) is 14.5. The molecule has 1 aliphatic heterocycles. The molecule has 1 aliphatic rings. The SMILES string of the molecule is COc1ccc(CC(=O)N2CC(C)NCC2(C)C)cc1. The van der Waals surface area contributed by atoms with Crippen molar-refractivity contribution in [1.29, 1.82) is 0 Å². The summed E-state index contributed by atoms with van der Waals surface area (Å²) in [5.74, 6) is 1.01. The Morgan fingerprint density at radius 3 is 2.65 bits per heavy atom. The van der Waals surface area contributed by atoms with Gasteiger partial charge in [-0.15, -0.1) is 0 Å². The minimum absolute atomic E-state index is 0.129. The molecule has 1 unspecified atom stereocenters. The summed E-state index contributed by atoms with van der Waals surface area (Å²) < 4.78 is 5.13. The molecule has 1 N–H and O–H groups in total. The van der Waals surface area contributed by atoms with Crippen LogP contribution >= 0.6 is 0 Å². The highest BCUT2D eigenvalue weighted by Crippen LogP contribution is 2.20. The highest BCUT2D eigenvalue weighted by atomic mass is 16.5. The molecule has 0 radical (unpaired) electrons. The third-order valence-corrected chi connectivity index (χ3v) is 3.89. The number of benzene rings is 1. The standard InChI is InChI=1S/C16H24N2O2/c1-12-10-18(16(2,3)11-17-12)15(19)9-13-5-7-14(20-4)8-6-13/h5-8,12,17H,9-11H2,1-4H3. The molecule has 0 aliphatic carbocycles. The Morgan fingerprint density at radius 1 is 1.40 bits per heavy atom. The van der Waals surface area contributed by atoms with Crippen molar-refractivity contribution in [2.24, 2.45) is 0 Å². The minimum Gasteiger partial charge on any atom is -0.497 e. The van der Waals surface area contributed by atoms with Crippen LogP contribution in [0, 0.1) is 0 Å². The maximum absolute atomic E-state index is 12.6. The lowest BCUT2D eigenvalue weighted by Crippen LogP contribution is -2.63. The number of carbonyl (C=O) groups is 1. The lowest BCUT2D eigenvalue weighted by Gasteiger charge is -2.45. The van der Waals surface area contributed by atoms with E-state index in [2.05, 4.69) is 26.1 Å². The maximum Gasteiger partial charge on any atom is 0.227 e. The van der Waals surface area contributed by atoms with E-state index >= 15 is 0 Å². The van der Waals surface area contributed by atoms with Crippen molar-refractivity contribution >= 4 is 5.91 Å². The molecule has 0 bridgehead atoms. The van der Waals surface area contributed by atoms with Gasteiger partial charge in [0.15, 0.2) is 0 Å². The number of hydrogen-bond donors (Lipinski definition) is 1. The number of rotatable bonds is 3. The number of ether oxygens (including phenoxy) is 1. The van der Waals surface area contributed by atoms with Crippen LogP contribution < -0.4 is 10.1 Å². The number of nitrogens with zero attached hydrogens (tertiary/aromatic N) is 1. The maximum atomic E-state index is 12.6. The van der Waals surface area contributed by atoms with Gasteiger partial charge in [-0.2, -0.15) is 0 Å². The number of methoxy groups -OCH3 is 1. The van der Waals surface area contributed by atoms with E-state index in [1.807, 2.05) is 29.2 Å². The molecule has 1 atom stereocenters. The Morgan fingerprint density at radius 2 is 2.05 bits per heavy atom. The Balaban J connectivity index is 2.06. The summed E-state index contributed by atoms with van der Waals surface area (Å²) in [6.45, 7) is 7.93. The van der Waals surface area contributed by atoms with Crippen molar-refractivity contribution in [2.45, 2.75) is 38.8 Å². The summed E-state index contributed by atoms with van der Waals surface area (Å²) >= 11 is 0. The van der Waals surface area contributed by atoms with Gasteiger partial charge in [-0.1, -0.05) is 12.1 Å². The van der Waals surface area contributed by atoms with Gasteiger partial charge in [0, 0.05) is 24.7 Å². The quantitative estimate of drug-likeness (QED) is 0.916. The molecule has 4 nitrogen and oxygen atoms in total. The number of amides is 1. The fourth-order valence-corrected chi connectivity index (χ4v) is 2.56. The molecule has 2 rings (SSSR count). The number of nitrogens with one attached hydrogen (secondary N) is 1. The summed E-state index contributed by atoms with van der Waals surface area (Å²) in [5, 5.41) is 3.43. The van der Waals surface area contributed by atoms with Gasteiger partial charge in [-0.25, -0.2) is 0 Å². The zero-order valence-electron chi connectivity index (χ0n) is 12.8. The van der Waals surface area contributed by atoms with Crippen LogP contribution in [0.3, 0.4) is 0 Å². The molecule has 1 aromatic rings. The van der Waals surface area contributed by atoms with E-state index in [0.717, 1.165) is 24.4 Å². The second kappa shape index (κ2) is 5.83. The van der Waals surface area contributed by atoms with Crippen molar-refractivity contribution in [3.63, 3.8) is 0 Å². The van der Waals surface area contributed by atoms with Gasteiger partial charge in [0.2, 0.25) is 5.91 Å². The van der Waals surface area contributed by atoms with Gasteiger partial charge in [0.1, 0.15) is 5.75 Å². The smallest absolute Gasteiger partial charge is 0.227 e. The van der Waals surface area contributed by atoms with Gasteiger partial charge in [-0.05, 0) is 38.5 Å². The first-order valence-electron chi connectivity index (χ1n) is 7.09. The van der Waals surface area contributed by atoms with Gasteiger partial charge < -0.3 is 15.0 Å². The first-order valence-corrected chi connectivity index (χ1v) is 7.09. The topological polar surface area (TPSA) is 41.6 Å². The third kappa shape index (κ3) is 3.31. The fraction of sp³-hybridized carbons (Fsp3) is 0.562. The molecule has 1 aromatic carbocycles. The average molecular weight is 276 g/mol. The Bertz CT molecular complexity index is 468. The molecule has 1 heterocycles. The third-order valence-electron chi connectivity index (χ3n) is 3.89. The van der Waals surface area contributed by atoms with Crippen LogP contribution in [-0.2, 0) is 11.2 Å². The van der Waals surface area contributed by atoms with Crippen molar-refractivity contribution in [1.82, 2.24) is 10.2 Å². The number of hydrogen-bond acceptors (Lipinski definition) is 3. The number of carbonyl (C=O) groups excluding carboxylic acids is 1. The highest BCUT2D eigenvalue weighted by Gasteiger charge is 2.35. The van der Waals surface area contributed by atoms with E-state index < -0.39 is 0 Å². The van der Waals surface area contributed by atoms with Gasteiger partial charge in [0.05, 0.1) is 13.5 Å². The van der Waals surface area contributed by atoms with Crippen LogP contribution in [0.1, 0.15) is 26.3 Å². The molecule has 0 aromatic heterocycles. The highest BCUT2D eigenvalue weighted by molar-refractivity contribution is 5.79. The average Bonchev–Trinajstić information content (AvgIpc) is 2.42. The Kier molecular flexibility index (Phi) is 4.33. The van der Waals surface area contributed by atoms with Crippen LogP contribution in [0.15, 0.2) is 24.3 Å². The predicted molar refractivity (Wildman–Crippen MR) is 80.0 cm³/mol. The van der Waals surface area contributed by atoms with Crippen molar-refractivity contribution in [3.8, 4) is 5.75 Å². The fourth-order valence-electron chi connectivity index (χ4n) is 2.56. The van der Waals surface area contributed by atoms with Crippen molar-refractivity contribution in [3.05, 3.63) is 29.8 Å². The second-order valence-electron chi connectivity index (χ2n) is 6.12. The van der Waals surface area contributed by atoms with Crippen LogP contribution in [0.5, 0.6) is 5.75 Å². The van der Waals surface area contributed by atoms with E-state index in [0.29, 0.717) is 12.5 Å². The predicted octanol–water partition coefficient (Wildman–Crippen LogP) is 1.84. The van der Waals surface area contributed by atoms with Crippen LogP contribution in [0.4, 0.5) is 0 Å². The van der Waals surface area contributed by atoms with Crippen LogP contribution in [-0.4, -0.2) is 42.6 Å². The first-order chi connectivity index (χ1) is 9.42. The minimum atomic E-state index is -0.129. The van der Waals surface area contributed by atoms with E-state index in [-0.39, 0.29) is 11.4 Å². The monoisotopic (exact) mass is 276 g/mol. The normalized spacial score (nSPS) is 21.6. The van der Waals surface area contributed by atoms with E-state index in [9.17, 15) is 4.79 Å². The van der Waals surface area contributed by atoms with Crippen molar-refractivity contribution in [2.75, 3.05) is 20.2 Å². The summed E-state index contributed by atoms with van der Waals surface area (Å²) in [6, 6.07) is 8.05. The zero-order valence-corrected chi connectivity index (χ0v) is 12.8. The van der Waals surface area contributed by atoms with Gasteiger partial charge >= 0.3 is 0 Å². The lowest BCUT2D eigenvalue weighted by atomic mass is 9.96.